The number of aryl methyl sites for hydroxylation is 1. The van der Waals surface area contributed by atoms with E-state index in [2.05, 4.69) is 31.2 Å². The molecule has 1 heterocycles. The average Bonchev–Trinajstić information content (AvgIpc) is 3.02. The number of halogens is 2. The Hall–Kier alpha value is -2.41. The van der Waals surface area contributed by atoms with Crippen LogP contribution in [0.1, 0.15) is 62.6 Å². The number of hydrogen-bond donors (Lipinski definition) is 1. The number of nitrogens with zero attached hydrogens (tertiary/aromatic N) is 2. The van der Waals surface area contributed by atoms with E-state index in [1.165, 1.54) is 12.1 Å². The van der Waals surface area contributed by atoms with Gasteiger partial charge in [0.1, 0.15) is 17.3 Å². The predicted molar refractivity (Wildman–Crippen MR) is 115 cm³/mol. The van der Waals surface area contributed by atoms with Crippen LogP contribution in [-0.4, -0.2) is 33.6 Å². The van der Waals surface area contributed by atoms with Crippen molar-refractivity contribution >= 4 is 23.3 Å². The number of carbonyl (C=O) groups is 2. The highest BCUT2D eigenvalue weighted by Crippen LogP contribution is 2.69. The highest BCUT2D eigenvalue weighted by molar-refractivity contribution is 6.30. The third kappa shape index (κ3) is 4.20. The van der Waals surface area contributed by atoms with Gasteiger partial charge in [-0.2, -0.15) is 5.10 Å². The maximum absolute atomic E-state index is 13.5. The molecule has 0 spiro atoms. The third-order valence-electron chi connectivity index (χ3n) is 6.28. The summed E-state index contributed by atoms with van der Waals surface area (Å²) in [6.07, 6.45) is 2.83. The lowest BCUT2D eigenvalue weighted by atomic mass is 9.38. The summed E-state index contributed by atoms with van der Waals surface area (Å²) in [5.74, 6) is -0.495. The highest BCUT2D eigenvalue weighted by atomic mass is 35.5. The summed E-state index contributed by atoms with van der Waals surface area (Å²) in [4.78, 5) is 25.1. The van der Waals surface area contributed by atoms with E-state index in [0.717, 1.165) is 31.0 Å². The molecule has 3 aliphatic carbocycles. The molecule has 2 bridgehead atoms. The van der Waals surface area contributed by atoms with Gasteiger partial charge in [-0.3, -0.25) is 14.3 Å². The van der Waals surface area contributed by atoms with Gasteiger partial charge in [0.2, 0.25) is 0 Å². The van der Waals surface area contributed by atoms with E-state index >= 15 is 0 Å². The second-order valence-corrected chi connectivity index (χ2v) is 10.5. The zero-order valence-corrected chi connectivity index (χ0v) is 19.0. The average molecular weight is 448 g/mol. The molecule has 5 rings (SSSR count). The number of rotatable bonds is 7. The zero-order chi connectivity index (χ0) is 22.6. The van der Waals surface area contributed by atoms with Crippen LogP contribution in [0.3, 0.4) is 0 Å². The molecule has 0 unspecified atom stereocenters. The Labute approximate surface area is 186 Å². The standard InChI is InChI=1S/C23H27ClFN3O3/c1-21(2,3)19-8-17(28(4)27-19)18(29)9-22-11-23(12-22,13-22)26-20(30)10-31-14-5-6-15(24)16(25)7-14/h5-8H,9-13H2,1-4H3,(H,26,30). The van der Waals surface area contributed by atoms with E-state index in [9.17, 15) is 14.0 Å². The summed E-state index contributed by atoms with van der Waals surface area (Å²) in [5, 5.41) is 7.51. The van der Waals surface area contributed by atoms with Crippen molar-refractivity contribution in [2.24, 2.45) is 12.5 Å². The summed E-state index contributed by atoms with van der Waals surface area (Å²) in [5.41, 5.74) is 1.16. The molecule has 3 aliphatic rings. The van der Waals surface area contributed by atoms with Crippen LogP contribution < -0.4 is 10.1 Å². The maximum Gasteiger partial charge on any atom is 0.258 e. The molecule has 0 aliphatic heterocycles. The maximum atomic E-state index is 13.5. The second kappa shape index (κ2) is 7.33. The molecule has 3 fully saturated rings. The van der Waals surface area contributed by atoms with Crippen molar-refractivity contribution in [2.45, 2.75) is 57.4 Å². The highest BCUT2D eigenvalue weighted by Gasteiger charge is 2.68. The summed E-state index contributed by atoms with van der Waals surface area (Å²) >= 11 is 5.64. The first-order chi connectivity index (χ1) is 14.4. The van der Waals surface area contributed by atoms with Gasteiger partial charge in [0.05, 0.1) is 10.7 Å². The van der Waals surface area contributed by atoms with Crippen LogP contribution in [0.5, 0.6) is 5.75 Å². The topological polar surface area (TPSA) is 73.2 Å². The second-order valence-electron chi connectivity index (χ2n) is 10.1. The van der Waals surface area contributed by atoms with Crippen LogP contribution in [0.4, 0.5) is 4.39 Å². The molecule has 8 heteroatoms. The van der Waals surface area contributed by atoms with Crippen LogP contribution in [0.15, 0.2) is 24.3 Å². The Bertz CT molecular complexity index is 1040. The van der Waals surface area contributed by atoms with Gasteiger partial charge in [0, 0.05) is 30.5 Å². The van der Waals surface area contributed by atoms with Crippen LogP contribution in [0.25, 0.3) is 0 Å². The minimum Gasteiger partial charge on any atom is -0.484 e. The number of benzene rings is 1. The Morgan fingerprint density at radius 1 is 1.26 bits per heavy atom. The Morgan fingerprint density at radius 3 is 2.52 bits per heavy atom. The molecule has 2 aromatic rings. The van der Waals surface area contributed by atoms with Gasteiger partial charge in [-0.1, -0.05) is 32.4 Å². The Balaban J connectivity index is 1.27. The summed E-state index contributed by atoms with van der Waals surface area (Å²) < 4.78 is 20.5. The molecule has 0 saturated heterocycles. The monoisotopic (exact) mass is 447 g/mol. The number of hydrogen-bond acceptors (Lipinski definition) is 4. The fourth-order valence-electron chi connectivity index (χ4n) is 4.89. The van der Waals surface area contributed by atoms with Gasteiger partial charge in [-0.15, -0.1) is 0 Å². The first kappa shape index (κ1) is 21.8. The van der Waals surface area contributed by atoms with E-state index in [4.69, 9.17) is 16.3 Å². The predicted octanol–water partition coefficient (Wildman–Crippen LogP) is 4.20. The molecule has 0 radical (unpaired) electrons. The quantitative estimate of drug-likeness (QED) is 0.645. The minimum atomic E-state index is -0.589. The third-order valence-corrected chi connectivity index (χ3v) is 6.58. The summed E-state index contributed by atoms with van der Waals surface area (Å²) in [7, 11) is 1.80. The van der Waals surface area contributed by atoms with E-state index in [-0.39, 0.29) is 45.4 Å². The van der Waals surface area contributed by atoms with Crippen molar-refractivity contribution in [1.82, 2.24) is 15.1 Å². The van der Waals surface area contributed by atoms with E-state index < -0.39 is 5.82 Å². The van der Waals surface area contributed by atoms with Crippen molar-refractivity contribution in [3.8, 4) is 5.75 Å². The molecule has 3 saturated carbocycles. The molecular formula is C23H27ClFN3O3. The van der Waals surface area contributed by atoms with Crippen molar-refractivity contribution in [3.63, 3.8) is 0 Å². The van der Waals surface area contributed by atoms with Gasteiger partial charge in [0.15, 0.2) is 12.4 Å². The van der Waals surface area contributed by atoms with Crippen molar-refractivity contribution in [2.75, 3.05) is 6.61 Å². The van der Waals surface area contributed by atoms with Gasteiger partial charge >= 0.3 is 0 Å². The molecule has 1 aromatic heterocycles. The van der Waals surface area contributed by atoms with Crippen molar-refractivity contribution < 1.29 is 18.7 Å². The van der Waals surface area contributed by atoms with Gasteiger partial charge in [0.25, 0.3) is 5.91 Å². The van der Waals surface area contributed by atoms with Gasteiger partial charge < -0.3 is 10.1 Å². The molecule has 6 nitrogen and oxygen atoms in total. The Morgan fingerprint density at radius 2 is 1.94 bits per heavy atom. The largest absolute Gasteiger partial charge is 0.484 e. The van der Waals surface area contributed by atoms with Crippen LogP contribution in [-0.2, 0) is 17.3 Å². The normalized spacial score (nSPS) is 24.2. The van der Waals surface area contributed by atoms with Crippen molar-refractivity contribution in [3.05, 3.63) is 46.5 Å². The van der Waals surface area contributed by atoms with Crippen LogP contribution in [0.2, 0.25) is 5.02 Å². The SMILES string of the molecule is Cn1nc(C(C)(C)C)cc1C(=O)CC12CC(NC(=O)COc3ccc(Cl)c(F)c3)(C1)C2. The first-order valence-corrected chi connectivity index (χ1v) is 10.7. The number of Topliss-reactive ketones (excluding diaryl/α,β-unsaturated/α-hetero) is 1. The van der Waals surface area contributed by atoms with Crippen LogP contribution in [0, 0.1) is 11.2 Å². The number of aromatic nitrogens is 2. The summed E-state index contributed by atoms with van der Waals surface area (Å²) in [6.45, 7) is 6.03. The Kier molecular flexibility index (Phi) is 5.16. The zero-order valence-electron chi connectivity index (χ0n) is 18.2. The number of carbonyl (C=O) groups excluding carboxylic acids is 2. The molecule has 1 N–H and O–H groups in total. The minimum absolute atomic E-state index is 0.00580. The van der Waals surface area contributed by atoms with E-state index in [1.807, 2.05) is 6.07 Å². The fourth-order valence-corrected chi connectivity index (χ4v) is 5.01. The molecule has 166 valence electrons. The molecule has 31 heavy (non-hydrogen) atoms. The number of ketones is 1. The molecule has 0 atom stereocenters. The van der Waals surface area contributed by atoms with E-state index in [1.54, 1.807) is 11.7 Å². The number of nitrogens with one attached hydrogen (secondary N) is 1. The smallest absolute Gasteiger partial charge is 0.258 e. The lowest BCUT2D eigenvalue weighted by molar-refractivity contribution is -0.164. The first-order valence-electron chi connectivity index (χ1n) is 10.4. The lowest BCUT2D eigenvalue weighted by Crippen LogP contribution is -2.75. The van der Waals surface area contributed by atoms with Gasteiger partial charge in [-0.05, 0) is 42.9 Å². The number of amides is 1. The fraction of sp³-hybridized carbons (Fsp3) is 0.522. The van der Waals surface area contributed by atoms with E-state index in [0.29, 0.717) is 12.1 Å². The molecule has 1 aromatic carbocycles. The lowest BCUT2D eigenvalue weighted by Gasteiger charge is -2.70. The molecule has 1 amide bonds. The van der Waals surface area contributed by atoms with Gasteiger partial charge in [-0.25, -0.2) is 4.39 Å². The van der Waals surface area contributed by atoms with Crippen LogP contribution >= 0.6 is 11.6 Å². The molecular weight excluding hydrogens is 421 g/mol. The van der Waals surface area contributed by atoms with Crippen molar-refractivity contribution in [1.29, 1.82) is 0 Å². The summed E-state index contributed by atoms with van der Waals surface area (Å²) in [6, 6.07) is 5.95. The number of ether oxygens (including phenoxy) is 1.